The van der Waals surface area contributed by atoms with Gasteiger partial charge in [-0.25, -0.2) is 0 Å². The molecule has 0 aromatic carbocycles. The van der Waals surface area contributed by atoms with Gasteiger partial charge in [0.15, 0.2) is 0 Å². The van der Waals surface area contributed by atoms with Crippen LogP contribution in [-0.2, 0) is 9.53 Å². The Balaban J connectivity index is 1.99. The summed E-state index contributed by atoms with van der Waals surface area (Å²) in [6, 6.07) is 0. The number of ketones is 1. The number of ether oxygens (including phenoxy) is 1. The molecular weight excluding hydrogens is 159 g/mol. The van der Waals surface area contributed by atoms with Gasteiger partial charge >= 0.3 is 0 Å². The highest BCUT2D eigenvalue weighted by Gasteiger charge is 2.38. The first-order chi connectivity index (χ1) is 5.31. The van der Waals surface area contributed by atoms with Crippen molar-refractivity contribution in [2.75, 3.05) is 12.8 Å². The highest BCUT2D eigenvalue weighted by atomic mass is 31.1. The van der Waals surface area contributed by atoms with Crippen molar-refractivity contribution in [3.8, 4) is 0 Å². The molecule has 1 atom stereocenters. The monoisotopic (exact) mass is 172 g/mol. The lowest BCUT2D eigenvalue weighted by Crippen LogP contribution is -2.29. The summed E-state index contributed by atoms with van der Waals surface area (Å²) < 4.78 is 5.69. The molecule has 2 nitrogen and oxygen atoms in total. The van der Waals surface area contributed by atoms with Crippen molar-refractivity contribution in [2.45, 2.75) is 31.0 Å². The lowest BCUT2D eigenvalue weighted by Gasteiger charge is -2.31. The Kier molecular flexibility index (Phi) is 1.98. The van der Waals surface area contributed by atoms with Gasteiger partial charge in [0, 0.05) is 12.8 Å². The van der Waals surface area contributed by atoms with Gasteiger partial charge in [-0.15, -0.1) is 0 Å². The predicted octanol–water partition coefficient (Wildman–Crippen LogP) is 1.53. The van der Waals surface area contributed by atoms with Crippen LogP contribution in [0.4, 0.5) is 0 Å². The van der Waals surface area contributed by atoms with Crippen molar-refractivity contribution >= 4 is 14.4 Å². The minimum Gasteiger partial charge on any atom is -0.370 e. The maximum atomic E-state index is 11.0. The van der Waals surface area contributed by atoms with E-state index >= 15 is 0 Å². The molecule has 1 heterocycles. The Labute approximate surface area is 68.5 Å². The molecule has 62 valence electrons. The summed E-state index contributed by atoms with van der Waals surface area (Å²) in [7, 11) is 0.943. The van der Waals surface area contributed by atoms with Crippen LogP contribution in [0.15, 0.2) is 0 Å². The summed E-state index contributed by atoms with van der Waals surface area (Å²) in [6.07, 6.45) is 4.71. The molecule has 3 heteroatoms. The summed E-state index contributed by atoms with van der Waals surface area (Å²) in [5.41, 5.74) is 0. The molecule has 1 unspecified atom stereocenters. The molecule has 2 fully saturated rings. The second-order valence-corrected chi connectivity index (χ2v) is 5.07. The third kappa shape index (κ3) is 1.47. The maximum Gasteiger partial charge on any atom is 0.133 e. The molecule has 0 bridgehead atoms. The standard InChI is InChI=1S/C8H13O2P/c9-7-1-3-8(4-2-7)10-5-6-11-8/h11H,1-6H2. The quantitative estimate of drug-likeness (QED) is 0.518. The van der Waals surface area contributed by atoms with Crippen molar-refractivity contribution in [3.05, 3.63) is 0 Å². The van der Waals surface area contributed by atoms with Gasteiger partial charge in [-0.2, -0.15) is 0 Å². The van der Waals surface area contributed by atoms with Gasteiger partial charge < -0.3 is 4.74 Å². The van der Waals surface area contributed by atoms with E-state index in [-0.39, 0.29) is 5.34 Å². The number of hydrogen-bond acceptors (Lipinski definition) is 2. The summed E-state index contributed by atoms with van der Waals surface area (Å²) >= 11 is 0. The van der Waals surface area contributed by atoms with Crippen LogP contribution < -0.4 is 0 Å². The van der Waals surface area contributed by atoms with E-state index < -0.39 is 0 Å². The molecule has 1 spiro atoms. The SMILES string of the molecule is O=C1CCC2(CC1)OCCP2. The largest absolute Gasteiger partial charge is 0.370 e. The maximum absolute atomic E-state index is 11.0. The van der Waals surface area contributed by atoms with E-state index in [0.717, 1.165) is 40.9 Å². The topological polar surface area (TPSA) is 26.3 Å². The zero-order chi connectivity index (χ0) is 7.73. The molecule has 2 aliphatic rings. The Morgan fingerprint density at radius 3 is 2.64 bits per heavy atom. The van der Waals surface area contributed by atoms with Gasteiger partial charge in [-0.1, -0.05) is 8.58 Å². The second-order valence-electron chi connectivity index (χ2n) is 3.31. The van der Waals surface area contributed by atoms with E-state index in [2.05, 4.69) is 0 Å². The number of carbonyl (C=O) groups excluding carboxylic acids is 1. The van der Waals surface area contributed by atoms with Crippen LogP contribution in [0.2, 0.25) is 0 Å². The fourth-order valence-corrected chi connectivity index (χ4v) is 3.30. The normalized spacial score (nSPS) is 31.8. The van der Waals surface area contributed by atoms with E-state index in [0.29, 0.717) is 5.78 Å². The van der Waals surface area contributed by atoms with Crippen LogP contribution in [0.3, 0.4) is 0 Å². The minimum absolute atomic E-state index is 0.161. The van der Waals surface area contributed by atoms with E-state index in [1.165, 1.54) is 6.16 Å². The third-order valence-corrected chi connectivity index (χ3v) is 4.29. The second kappa shape index (κ2) is 2.84. The van der Waals surface area contributed by atoms with Crippen molar-refractivity contribution in [1.29, 1.82) is 0 Å². The molecule has 1 aliphatic carbocycles. The summed E-state index contributed by atoms with van der Waals surface area (Å²) in [4.78, 5) is 11.0. The molecule has 1 aliphatic heterocycles. The van der Waals surface area contributed by atoms with Crippen molar-refractivity contribution in [3.63, 3.8) is 0 Å². The molecule has 1 saturated heterocycles. The van der Waals surface area contributed by atoms with E-state index in [4.69, 9.17) is 4.74 Å². The number of Topliss-reactive ketones (excluding diaryl/α,β-unsaturated/α-hetero) is 1. The molecule has 0 N–H and O–H groups in total. The van der Waals surface area contributed by atoms with Crippen molar-refractivity contribution in [1.82, 2.24) is 0 Å². The van der Waals surface area contributed by atoms with Crippen LogP contribution in [-0.4, -0.2) is 23.9 Å². The van der Waals surface area contributed by atoms with Gasteiger partial charge in [0.05, 0.1) is 11.9 Å². The Bertz CT molecular complexity index is 161. The molecule has 0 aromatic heterocycles. The van der Waals surface area contributed by atoms with Crippen LogP contribution >= 0.6 is 8.58 Å². The first-order valence-corrected chi connectivity index (χ1v) is 5.42. The minimum atomic E-state index is 0.161. The van der Waals surface area contributed by atoms with Gasteiger partial charge in [0.2, 0.25) is 0 Å². The molecule has 1 saturated carbocycles. The number of hydrogen-bond donors (Lipinski definition) is 0. The molecule has 0 aromatic rings. The summed E-state index contributed by atoms with van der Waals surface area (Å²) in [5, 5.41) is 0.161. The fraction of sp³-hybridized carbons (Fsp3) is 0.875. The Hall–Kier alpha value is 0.0600. The molecule has 11 heavy (non-hydrogen) atoms. The van der Waals surface area contributed by atoms with Crippen molar-refractivity contribution in [2.24, 2.45) is 0 Å². The van der Waals surface area contributed by atoms with Crippen LogP contribution in [0.1, 0.15) is 25.7 Å². The highest BCUT2D eigenvalue weighted by Crippen LogP contribution is 2.47. The Morgan fingerprint density at radius 2 is 2.09 bits per heavy atom. The van der Waals surface area contributed by atoms with Crippen LogP contribution in [0.25, 0.3) is 0 Å². The van der Waals surface area contributed by atoms with Crippen molar-refractivity contribution < 1.29 is 9.53 Å². The third-order valence-electron chi connectivity index (χ3n) is 2.54. The number of rotatable bonds is 0. The van der Waals surface area contributed by atoms with Gasteiger partial charge in [0.25, 0.3) is 0 Å². The first kappa shape index (κ1) is 7.70. The summed E-state index contributed by atoms with van der Waals surface area (Å²) in [6.45, 7) is 0.923. The summed E-state index contributed by atoms with van der Waals surface area (Å²) in [5.74, 6) is 0.427. The highest BCUT2D eigenvalue weighted by molar-refractivity contribution is 7.40. The van der Waals surface area contributed by atoms with E-state index in [1.54, 1.807) is 0 Å². The lowest BCUT2D eigenvalue weighted by atomic mass is 9.96. The molecule has 2 rings (SSSR count). The molecule has 0 amide bonds. The fourth-order valence-electron chi connectivity index (χ4n) is 1.83. The zero-order valence-electron chi connectivity index (χ0n) is 6.56. The van der Waals surface area contributed by atoms with E-state index in [1.807, 2.05) is 0 Å². The zero-order valence-corrected chi connectivity index (χ0v) is 7.56. The van der Waals surface area contributed by atoms with Gasteiger partial charge in [-0.3, -0.25) is 4.79 Å². The van der Waals surface area contributed by atoms with Crippen LogP contribution in [0, 0.1) is 0 Å². The average molecular weight is 172 g/mol. The predicted molar refractivity (Wildman–Crippen MR) is 45.3 cm³/mol. The van der Waals surface area contributed by atoms with Gasteiger partial charge in [-0.05, 0) is 19.0 Å². The van der Waals surface area contributed by atoms with Gasteiger partial charge in [0.1, 0.15) is 5.78 Å². The molecular formula is C8H13O2P. The number of carbonyl (C=O) groups is 1. The first-order valence-electron chi connectivity index (χ1n) is 4.21. The lowest BCUT2D eigenvalue weighted by molar-refractivity contribution is -0.123. The smallest absolute Gasteiger partial charge is 0.133 e. The van der Waals surface area contributed by atoms with Crippen LogP contribution in [0.5, 0.6) is 0 Å². The average Bonchev–Trinajstić information content (AvgIpc) is 2.45. The molecule has 0 radical (unpaired) electrons. The Morgan fingerprint density at radius 1 is 1.36 bits per heavy atom. The van der Waals surface area contributed by atoms with E-state index in [9.17, 15) is 4.79 Å².